The molecular weight excluding hydrogens is 297 g/mol. The summed E-state index contributed by atoms with van der Waals surface area (Å²) in [7, 11) is 0. The van der Waals surface area contributed by atoms with Crippen molar-refractivity contribution in [2.24, 2.45) is 5.73 Å². The van der Waals surface area contributed by atoms with E-state index in [0.717, 1.165) is 6.07 Å². The van der Waals surface area contributed by atoms with E-state index in [4.69, 9.17) is 22.4 Å². The van der Waals surface area contributed by atoms with Gasteiger partial charge in [0.2, 0.25) is 0 Å². The minimum absolute atomic E-state index is 0. The van der Waals surface area contributed by atoms with E-state index in [1.54, 1.807) is 0 Å². The molecule has 0 aliphatic carbocycles. The van der Waals surface area contributed by atoms with Crippen LogP contribution in [0.4, 0.5) is 17.6 Å². The average molecular weight is 308 g/mol. The zero-order valence-corrected chi connectivity index (χ0v) is 10.7. The van der Waals surface area contributed by atoms with Gasteiger partial charge in [-0.25, -0.2) is 4.39 Å². The van der Waals surface area contributed by atoms with E-state index in [9.17, 15) is 17.6 Å². The highest BCUT2D eigenvalue weighted by atomic mass is 35.5. The molecule has 1 aromatic rings. The first-order valence-electron chi connectivity index (χ1n) is 4.61. The van der Waals surface area contributed by atoms with E-state index in [1.165, 1.54) is 13.0 Å². The molecule has 104 valence electrons. The summed E-state index contributed by atoms with van der Waals surface area (Å²) in [4.78, 5) is 0. The number of hydrogen-bond acceptors (Lipinski definition) is 2. The van der Waals surface area contributed by atoms with Gasteiger partial charge in [0.15, 0.2) is 6.10 Å². The number of aliphatic hydroxyl groups is 1. The molecule has 0 aliphatic rings. The summed E-state index contributed by atoms with van der Waals surface area (Å²) in [5.41, 5.74) is 5.05. The Morgan fingerprint density at radius 3 is 2.28 bits per heavy atom. The molecule has 0 unspecified atom stereocenters. The van der Waals surface area contributed by atoms with Crippen LogP contribution in [0, 0.1) is 12.7 Å². The van der Waals surface area contributed by atoms with E-state index < -0.39 is 29.7 Å². The topological polar surface area (TPSA) is 46.2 Å². The van der Waals surface area contributed by atoms with Crippen LogP contribution in [-0.2, 0) is 0 Å². The van der Waals surface area contributed by atoms with E-state index >= 15 is 0 Å². The van der Waals surface area contributed by atoms with Gasteiger partial charge in [-0.2, -0.15) is 13.2 Å². The molecule has 8 heteroatoms. The van der Waals surface area contributed by atoms with E-state index in [0.29, 0.717) is 5.56 Å². The number of rotatable bonds is 2. The van der Waals surface area contributed by atoms with Gasteiger partial charge in [-0.05, 0) is 18.6 Å². The Labute approximate surface area is 112 Å². The summed E-state index contributed by atoms with van der Waals surface area (Å²) in [5, 5.41) is 8.76. The molecule has 0 radical (unpaired) electrons. The molecule has 0 spiro atoms. The second kappa shape index (κ2) is 6.06. The highest BCUT2D eigenvalue weighted by Gasteiger charge is 2.44. The first kappa shape index (κ1) is 17.4. The predicted octanol–water partition coefficient (Wildman–Crippen LogP) is 3.13. The maximum Gasteiger partial charge on any atom is 0.416 e. The van der Waals surface area contributed by atoms with Crippen molar-refractivity contribution in [2.45, 2.75) is 25.2 Å². The van der Waals surface area contributed by atoms with Crippen LogP contribution < -0.4 is 5.73 Å². The van der Waals surface area contributed by atoms with Crippen molar-refractivity contribution in [1.29, 1.82) is 0 Å². The molecule has 0 saturated heterocycles. The Morgan fingerprint density at radius 2 is 1.83 bits per heavy atom. The molecule has 0 heterocycles. The molecule has 1 rings (SSSR count). The van der Waals surface area contributed by atoms with Crippen molar-refractivity contribution in [3.05, 3.63) is 34.1 Å². The molecule has 1 aromatic carbocycles. The molecule has 2 atom stereocenters. The minimum Gasteiger partial charge on any atom is -0.382 e. The number of hydrogen-bond donors (Lipinski definition) is 2. The number of aliphatic hydroxyl groups excluding tert-OH is 1. The Bertz CT molecular complexity index is 425. The van der Waals surface area contributed by atoms with Gasteiger partial charge >= 0.3 is 6.18 Å². The number of nitrogens with two attached hydrogens (primary N) is 1. The van der Waals surface area contributed by atoms with Gasteiger partial charge in [0.05, 0.1) is 11.1 Å². The van der Waals surface area contributed by atoms with Gasteiger partial charge in [-0.1, -0.05) is 17.7 Å². The fourth-order valence-electron chi connectivity index (χ4n) is 1.35. The molecule has 0 fully saturated rings. The van der Waals surface area contributed by atoms with Crippen molar-refractivity contribution in [1.82, 2.24) is 0 Å². The number of halogens is 6. The Balaban J connectivity index is 0.00000289. The molecule has 0 aromatic heterocycles. The lowest BCUT2D eigenvalue weighted by molar-refractivity contribution is -0.210. The van der Waals surface area contributed by atoms with Crippen LogP contribution in [0.3, 0.4) is 0 Å². The fourth-order valence-corrected chi connectivity index (χ4v) is 1.62. The molecule has 2 nitrogen and oxygen atoms in total. The third kappa shape index (κ3) is 3.47. The van der Waals surface area contributed by atoms with Crippen molar-refractivity contribution in [2.75, 3.05) is 0 Å². The van der Waals surface area contributed by atoms with Gasteiger partial charge in [0, 0.05) is 5.56 Å². The van der Waals surface area contributed by atoms with Crippen LogP contribution >= 0.6 is 24.0 Å². The summed E-state index contributed by atoms with van der Waals surface area (Å²) >= 11 is 5.69. The van der Waals surface area contributed by atoms with Crippen LogP contribution in [-0.4, -0.2) is 17.4 Å². The molecular formula is C10H11Cl2F4NO. The maximum atomic E-state index is 13.4. The van der Waals surface area contributed by atoms with Crippen LogP contribution in [0.2, 0.25) is 5.02 Å². The summed E-state index contributed by atoms with van der Waals surface area (Å²) in [5.74, 6) is -0.976. The molecule has 18 heavy (non-hydrogen) atoms. The normalized spacial score (nSPS) is 14.9. The molecule has 3 N–H and O–H groups in total. The molecule has 0 aliphatic heterocycles. The number of aryl methyl sites for hydroxylation is 1. The van der Waals surface area contributed by atoms with Gasteiger partial charge in [-0.15, -0.1) is 12.4 Å². The van der Waals surface area contributed by atoms with Gasteiger partial charge in [0.25, 0.3) is 0 Å². The summed E-state index contributed by atoms with van der Waals surface area (Å²) in [6.45, 7) is 1.50. The van der Waals surface area contributed by atoms with Gasteiger partial charge < -0.3 is 10.8 Å². The molecule has 0 bridgehead atoms. The quantitative estimate of drug-likeness (QED) is 0.825. The Morgan fingerprint density at radius 1 is 1.33 bits per heavy atom. The van der Waals surface area contributed by atoms with E-state index in [1.807, 2.05) is 0 Å². The smallest absolute Gasteiger partial charge is 0.382 e. The standard InChI is InChI=1S/C10H10ClF4NO.ClH/c1-4-2-3-5(12)6(7(4)11)8(16)9(17)10(13,14)15;/h2-3,8-9,17H,16H2,1H3;1H/t8-,9-;/m1./s1. The van der Waals surface area contributed by atoms with Crippen molar-refractivity contribution < 1.29 is 22.7 Å². The first-order valence-corrected chi connectivity index (χ1v) is 4.99. The molecule has 0 amide bonds. The predicted molar refractivity (Wildman–Crippen MR) is 62.4 cm³/mol. The average Bonchev–Trinajstić information content (AvgIpc) is 2.21. The highest BCUT2D eigenvalue weighted by Crippen LogP contribution is 2.34. The SMILES string of the molecule is Cc1ccc(F)c([C@@H](N)[C@@H](O)C(F)(F)F)c1Cl.Cl. The highest BCUT2D eigenvalue weighted by molar-refractivity contribution is 6.32. The van der Waals surface area contributed by atoms with Crippen LogP contribution in [0.5, 0.6) is 0 Å². The summed E-state index contributed by atoms with van der Waals surface area (Å²) < 4.78 is 50.1. The maximum absolute atomic E-state index is 13.4. The third-order valence-corrected chi connectivity index (χ3v) is 2.83. The van der Waals surface area contributed by atoms with Crippen molar-refractivity contribution in [3.8, 4) is 0 Å². The number of benzene rings is 1. The zero-order chi connectivity index (χ0) is 13.4. The third-order valence-electron chi connectivity index (χ3n) is 2.33. The van der Waals surface area contributed by atoms with Crippen molar-refractivity contribution >= 4 is 24.0 Å². The van der Waals surface area contributed by atoms with Gasteiger partial charge in [-0.3, -0.25) is 0 Å². The van der Waals surface area contributed by atoms with Crippen molar-refractivity contribution in [3.63, 3.8) is 0 Å². The monoisotopic (exact) mass is 307 g/mol. The fraction of sp³-hybridized carbons (Fsp3) is 0.400. The van der Waals surface area contributed by atoms with Crippen LogP contribution in [0.1, 0.15) is 17.2 Å². The molecule has 0 saturated carbocycles. The van der Waals surface area contributed by atoms with Crippen LogP contribution in [0.25, 0.3) is 0 Å². The van der Waals surface area contributed by atoms with Gasteiger partial charge in [0.1, 0.15) is 5.82 Å². The van der Waals surface area contributed by atoms with E-state index in [-0.39, 0.29) is 17.4 Å². The lowest BCUT2D eigenvalue weighted by Crippen LogP contribution is -2.39. The first-order chi connectivity index (χ1) is 7.66. The van der Waals surface area contributed by atoms with E-state index in [2.05, 4.69) is 0 Å². The second-order valence-corrected chi connectivity index (χ2v) is 3.98. The summed E-state index contributed by atoms with van der Waals surface area (Å²) in [6, 6.07) is 0.315. The zero-order valence-electron chi connectivity index (χ0n) is 9.13. The lowest BCUT2D eigenvalue weighted by atomic mass is 9.99. The summed E-state index contributed by atoms with van der Waals surface area (Å²) in [6.07, 6.45) is -7.80. The minimum atomic E-state index is -4.93. The second-order valence-electron chi connectivity index (χ2n) is 3.60. The Hall–Kier alpha value is -0.560. The van der Waals surface area contributed by atoms with Crippen LogP contribution in [0.15, 0.2) is 12.1 Å². The lowest BCUT2D eigenvalue weighted by Gasteiger charge is -2.23. The number of alkyl halides is 3. The largest absolute Gasteiger partial charge is 0.416 e. The Kier molecular flexibility index (Phi) is 5.87.